The summed E-state index contributed by atoms with van der Waals surface area (Å²) in [4.78, 5) is 16.3. The van der Waals surface area contributed by atoms with Crippen LogP contribution in [0.25, 0.3) is 0 Å². The zero-order valence-corrected chi connectivity index (χ0v) is 13.1. The van der Waals surface area contributed by atoms with Crippen molar-refractivity contribution in [2.24, 2.45) is 0 Å². The molecule has 0 saturated carbocycles. The minimum atomic E-state index is -4.48. The van der Waals surface area contributed by atoms with Gasteiger partial charge in [-0.05, 0) is 18.2 Å². The van der Waals surface area contributed by atoms with Gasteiger partial charge in [0.05, 0.1) is 11.3 Å². The Balaban J connectivity index is 2.18. The van der Waals surface area contributed by atoms with E-state index in [9.17, 15) is 18.0 Å². The maximum atomic E-state index is 12.7. The highest BCUT2D eigenvalue weighted by Crippen LogP contribution is 2.30. The predicted octanol–water partition coefficient (Wildman–Crippen LogP) is 4.71. The Hall–Kier alpha value is -1.89. The highest BCUT2D eigenvalue weighted by Gasteiger charge is 2.31. The van der Waals surface area contributed by atoms with Crippen LogP contribution < -0.4 is 5.32 Å². The maximum Gasteiger partial charge on any atom is 0.416 e. The summed E-state index contributed by atoms with van der Waals surface area (Å²) in [6.45, 7) is 5.96. The summed E-state index contributed by atoms with van der Waals surface area (Å²) >= 11 is 1.24. The first kappa shape index (κ1) is 16.5. The Bertz CT molecular complexity index is 687. The fourth-order valence-corrected chi connectivity index (χ4v) is 2.61. The van der Waals surface area contributed by atoms with Crippen molar-refractivity contribution in [1.82, 2.24) is 4.98 Å². The highest BCUT2D eigenvalue weighted by molar-refractivity contribution is 7.14. The van der Waals surface area contributed by atoms with Gasteiger partial charge in [0.1, 0.15) is 0 Å². The van der Waals surface area contributed by atoms with Crippen molar-refractivity contribution in [3.63, 3.8) is 0 Å². The van der Waals surface area contributed by atoms with Gasteiger partial charge in [0.15, 0.2) is 5.13 Å². The van der Waals surface area contributed by atoms with Crippen LogP contribution in [0.1, 0.15) is 42.4 Å². The fourth-order valence-electron chi connectivity index (χ4n) is 1.68. The minimum absolute atomic E-state index is 0.0534. The molecule has 0 aliphatic rings. The Kier molecular flexibility index (Phi) is 4.28. The van der Waals surface area contributed by atoms with E-state index >= 15 is 0 Å². The number of amides is 1. The summed E-state index contributed by atoms with van der Waals surface area (Å²) in [6, 6.07) is 4.30. The number of carbonyl (C=O) groups is 1. The van der Waals surface area contributed by atoms with Gasteiger partial charge in [-0.25, -0.2) is 4.98 Å². The molecule has 2 aromatic rings. The summed E-state index contributed by atoms with van der Waals surface area (Å²) in [5.74, 6) is -0.610. The number of rotatable bonds is 2. The molecular formula is C15H15F3N2OS. The lowest BCUT2D eigenvalue weighted by Crippen LogP contribution is -2.15. The van der Waals surface area contributed by atoms with Crippen LogP contribution in [0.2, 0.25) is 0 Å². The SMILES string of the molecule is CC(C)(C)c1csc(NC(=O)c2cccc(C(F)(F)F)c2)n1. The van der Waals surface area contributed by atoms with Gasteiger partial charge in [-0.1, -0.05) is 26.8 Å². The quantitative estimate of drug-likeness (QED) is 0.867. The lowest BCUT2D eigenvalue weighted by Gasteiger charge is -2.14. The van der Waals surface area contributed by atoms with Crippen LogP contribution >= 0.6 is 11.3 Å². The van der Waals surface area contributed by atoms with Crippen molar-refractivity contribution in [2.75, 3.05) is 5.32 Å². The van der Waals surface area contributed by atoms with Crippen molar-refractivity contribution in [3.8, 4) is 0 Å². The number of nitrogens with one attached hydrogen (secondary N) is 1. The van der Waals surface area contributed by atoms with E-state index in [1.165, 1.54) is 23.5 Å². The van der Waals surface area contributed by atoms with Crippen LogP contribution in [0.15, 0.2) is 29.6 Å². The van der Waals surface area contributed by atoms with Gasteiger partial charge in [-0.15, -0.1) is 11.3 Å². The Morgan fingerprint density at radius 3 is 2.45 bits per heavy atom. The van der Waals surface area contributed by atoms with Crippen molar-refractivity contribution < 1.29 is 18.0 Å². The molecule has 0 radical (unpaired) electrons. The molecule has 118 valence electrons. The Morgan fingerprint density at radius 2 is 1.91 bits per heavy atom. The van der Waals surface area contributed by atoms with Crippen LogP contribution in [0, 0.1) is 0 Å². The second-order valence-corrected chi connectivity index (χ2v) is 6.68. The van der Waals surface area contributed by atoms with E-state index in [-0.39, 0.29) is 11.0 Å². The molecule has 0 fully saturated rings. The first-order valence-corrected chi connectivity index (χ1v) is 7.40. The molecule has 2 rings (SSSR count). The number of nitrogens with zero attached hydrogens (tertiary/aromatic N) is 1. The zero-order valence-electron chi connectivity index (χ0n) is 12.3. The summed E-state index contributed by atoms with van der Waals surface area (Å²) in [5.41, 5.74) is -0.246. The van der Waals surface area contributed by atoms with Gasteiger partial charge in [-0.2, -0.15) is 13.2 Å². The Labute approximate surface area is 130 Å². The molecule has 0 spiro atoms. The van der Waals surface area contributed by atoms with E-state index in [1.807, 2.05) is 26.2 Å². The van der Waals surface area contributed by atoms with Crippen molar-refractivity contribution in [1.29, 1.82) is 0 Å². The molecule has 1 aromatic heterocycles. The third-order valence-corrected chi connectivity index (χ3v) is 3.70. The number of thiazole rings is 1. The van der Waals surface area contributed by atoms with E-state index in [0.717, 1.165) is 17.8 Å². The molecule has 0 saturated heterocycles. The first-order valence-electron chi connectivity index (χ1n) is 6.52. The second kappa shape index (κ2) is 5.72. The molecule has 1 heterocycles. The van der Waals surface area contributed by atoms with Gasteiger partial charge >= 0.3 is 6.18 Å². The van der Waals surface area contributed by atoms with Crippen LogP contribution in [0.3, 0.4) is 0 Å². The van der Waals surface area contributed by atoms with Crippen molar-refractivity contribution >= 4 is 22.4 Å². The summed E-state index contributed by atoms with van der Waals surface area (Å²) < 4.78 is 38.0. The van der Waals surface area contributed by atoms with Gasteiger partial charge in [0, 0.05) is 16.4 Å². The number of hydrogen-bond donors (Lipinski definition) is 1. The minimum Gasteiger partial charge on any atom is -0.298 e. The molecule has 3 nitrogen and oxygen atoms in total. The number of aromatic nitrogens is 1. The van der Waals surface area contributed by atoms with Crippen LogP contribution in [0.5, 0.6) is 0 Å². The van der Waals surface area contributed by atoms with Gasteiger partial charge in [0.25, 0.3) is 5.91 Å². The lowest BCUT2D eigenvalue weighted by atomic mass is 9.93. The van der Waals surface area contributed by atoms with Crippen molar-refractivity contribution in [3.05, 3.63) is 46.5 Å². The second-order valence-electron chi connectivity index (χ2n) is 5.82. The third-order valence-electron chi connectivity index (χ3n) is 2.95. The molecule has 0 bridgehead atoms. The summed E-state index contributed by atoms with van der Waals surface area (Å²) in [6.07, 6.45) is -4.48. The molecule has 1 N–H and O–H groups in total. The number of hydrogen-bond acceptors (Lipinski definition) is 3. The maximum absolute atomic E-state index is 12.7. The number of anilines is 1. The molecule has 1 amide bonds. The summed E-state index contributed by atoms with van der Waals surface area (Å²) in [7, 11) is 0. The molecule has 7 heteroatoms. The average molecular weight is 328 g/mol. The molecule has 22 heavy (non-hydrogen) atoms. The van der Waals surface area contributed by atoms with E-state index in [1.54, 1.807) is 0 Å². The van der Waals surface area contributed by atoms with Crippen LogP contribution in [-0.2, 0) is 11.6 Å². The predicted molar refractivity (Wildman–Crippen MR) is 80.2 cm³/mol. The molecular weight excluding hydrogens is 313 g/mol. The summed E-state index contributed by atoms with van der Waals surface area (Å²) in [5, 5.41) is 4.72. The van der Waals surface area contributed by atoms with Gasteiger partial charge < -0.3 is 0 Å². The smallest absolute Gasteiger partial charge is 0.298 e. The largest absolute Gasteiger partial charge is 0.416 e. The zero-order chi connectivity index (χ0) is 16.5. The van der Waals surface area contributed by atoms with E-state index in [0.29, 0.717) is 5.13 Å². The Morgan fingerprint density at radius 1 is 1.23 bits per heavy atom. The average Bonchev–Trinajstić information content (AvgIpc) is 2.86. The number of benzene rings is 1. The first-order chi connectivity index (χ1) is 10.1. The fraction of sp³-hybridized carbons (Fsp3) is 0.333. The molecule has 0 atom stereocenters. The van der Waals surface area contributed by atoms with Crippen molar-refractivity contribution in [2.45, 2.75) is 32.4 Å². The van der Waals surface area contributed by atoms with Gasteiger partial charge in [0.2, 0.25) is 0 Å². The lowest BCUT2D eigenvalue weighted by molar-refractivity contribution is -0.137. The standard InChI is InChI=1S/C15H15F3N2OS/c1-14(2,3)11-8-22-13(19-11)20-12(21)9-5-4-6-10(7-9)15(16,17)18/h4-8H,1-3H3,(H,19,20,21). The normalized spacial score (nSPS) is 12.3. The number of halogens is 3. The topological polar surface area (TPSA) is 42.0 Å². The number of alkyl halides is 3. The molecule has 0 unspecified atom stereocenters. The number of carbonyl (C=O) groups excluding carboxylic acids is 1. The van der Waals surface area contributed by atoms with E-state index < -0.39 is 17.6 Å². The molecule has 1 aromatic carbocycles. The van der Waals surface area contributed by atoms with Crippen LogP contribution in [-0.4, -0.2) is 10.9 Å². The monoisotopic (exact) mass is 328 g/mol. The third kappa shape index (κ3) is 3.85. The van der Waals surface area contributed by atoms with Gasteiger partial charge in [-0.3, -0.25) is 10.1 Å². The van der Waals surface area contributed by atoms with Crippen LogP contribution in [0.4, 0.5) is 18.3 Å². The molecule has 0 aliphatic heterocycles. The van der Waals surface area contributed by atoms with E-state index in [2.05, 4.69) is 10.3 Å². The highest BCUT2D eigenvalue weighted by atomic mass is 32.1. The van der Waals surface area contributed by atoms with E-state index in [4.69, 9.17) is 0 Å². The molecule has 0 aliphatic carbocycles.